The lowest BCUT2D eigenvalue weighted by atomic mass is 9.96. The molecule has 0 unspecified atom stereocenters. The molecule has 0 amide bonds. The van der Waals surface area contributed by atoms with Crippen LogP contribution >= 0.6 is 12.2 Å². The summed E-state index contributed by atoms with van der Waals surface area (Å²) in [4.78, 5) is 7.03. The molecule has 0 saturated carbocycles. The normalized spacial score (nSPS) is 18.7. The quantitative estimate of drug-likeness (QED) is 0.522. The van der Waals surface area contributed by atoms with Gasteiger partial charge in [-0.25, -0.2) is 0 Å². The van der Waals surface area contributed by atoms with Crippen molar-refractivity contribution >= 4 is 17.3 Å². The number of benzene rings is 1. The Hall–Kier alpha value is -2.66. The van der Waals surface area contributed by atoms with E-state index in [0.717, 1.165) is 17.4 Å². The van der Waals surface area contributed by atoms with Gasteiger partial charge in [-0.15, -0.1) is 0 Å². The molecule has 1 saturated heterocycles. The average molecular weight is 433 g/mol. The highest BCUT2D eigenvalue weighted by atomic mass is 32.1. The predicted molar refractivity (Wildman–Crippen MR) is 132 cm³/mol. The van der Waals surface area contributed by atoms with Crippen LogP contribution in [0.25, 0.3) is 5.69 Å². The van der Waals surface area contributed by atoms with E-state index in [-0.39, 0.29) is 12.1 Å². The van der Waals surface area contributed by atoms with Crippen LogP contribution in [0.4, 0.5) is 0 Å². The number of aromatic nitrogens is 2. The maximum Gasteiger partial charge on any atom is 0.170 e. The molecule has 1 N–H and O–H groups in total. The second-order valence-electron chi connectivity index (χ2n) is 9.05. The van der Waals surface area contributed by atoms with Crippen molar-refractivity contribution in [3.8, 4) is 5.69 Å². The van der Waals surface area contributed by atoms with E-state index in [1.807, 2.05) is 12.3 Å². The molecule has 3 aromatic rings. The van der Waals surface area contributed by atoms with Gasteiger partial charge in [-0.3, -0.25) is 4.98 Å². The monoisotopic (exact) mass is 432 g/mol. The molecule has 0 radical (unpaired) electrons. The lowest BCUT2D eigenvalue weighted by molar-refractivity contribution is 0.287. The molecule has 0 aliphatic carbocycles. The summed E-state index contributed by atoms with van der Waals surface area (Å²) in [6.07, 6.45) is 1.86. The Morgan fingerprint density at radius 2 is 1.84 bits per heavy atom. The molecule has 0 bridgehead atoms. The number of hydrogen-bond donors (Lipinski definition) is 1. The molecule has 2 atom stereocenters. The van der Waals surface area contributed by atoms with Gasteiger partial charge in [0.15, 0.2) is 5.11 Å². The molecule has 0 spiro atoms. The van der Waals surface area contributed by atoms with Gasteiger partial charge in [0, 0.05) is 29.8 Å². The summed E-state index contributed by atoms with van der Waals surface area (Å²) in [6, 6.07) is 15.1. The number of aryl methyl sites for hydroxylation is 2. The zero-order valence-corrected chi connectivity index (χ0v) is 20.1. The largest absolute Gasteiger partial charge is 0.352 e. The van der Waals surface area contributed by atoms with Crippen LogP contribution in [0.1, 0.15) is 59.7 Å². The molecule has 162 valence electrons. The lowest BCUT2D eigenvalue weighted by Gasteiger charge is -2.29. The van der Waals surface area contributed by atoms with Crippen LogP contribution in [-0.4, -0.2) is 26.1 Å². The van der Waals surface area contributed by atoms with Gasteiger partial charge in [-0.2, -0.15) is 0 Å². The van der Waals surface area contributed by atoms with Crippen molar-refractivity contribution in [3.05, 3.63) is 82.4 Å². The number of nitrogens with one attached hydrogen (secondary N) is 1. The Morgan fingerprint density at radius 1 is 1.06 bits per heavy atom. The van der Waals surface area contributed by atoms with Gasteiger partial charge in [0.2, 0.25) is 0 Å². The topological polar surface area (TPSA) is 33.1 Å². The summed E-state index contributed by atoms with van der Waals surface area (Å²) in [5, 5.41) is 4.39. The zero-order valence-electron chi connectivity index (χ0n) is 19.3. The minimum atomic E-state index is 0.0278. The molecule has 5 heteroatoms. The lowest BCUT2D eigenvalue weighted by Crippen LogP contribution is -2.33. The summed E-state index contributed by atoms with van der Waals surface area (Å²) in [5.74, 6) is 0.507. The molecular weight excluding hydrogens is 400 g/mol. The number of hydrogen-bond acceptors (Lipinski definition) is 2. The van der Waals surface area contributed by atoms with E-state index in [0.29, 0.717) is 5.92 Å². The third-order valence-electron chi connectivity index (χ3n) is 6.37. The highest BCUT2D eigenvalue weighted by Crippen LogP contribution is 2.42. The molecule has 2 aromatic heterocycles. The summed E-state index contributed by atoms with van der Waals surface area (Å²) < 4.78 is 2.39. The van der Waals surface area contributed by atoms with Crippen molar-refractivity contribution in [2.75, 3.05) is 6.54 Å². The Balaban J connectivity index is 1.86. The van der Waals surface area contributed by atoms with Crippen LogP contribution in [0.2, 0.25) is 0 Å². The first kappa shape index (κ1) is 21.6. The first-order valence-electron chi connectivity index (χ1n) is 11.0. The maximum atomic E-state index is 5.81. The molecule has 3 heterocycles. The van der Waals surface area contributed by atoms with Crippen LogP contribution < -0.4 is 5.32 Å². The summed E-state index contributed by atoms with van der Waals surface area (Å²) >= 11 is 5.81. The van der Waals surface area contributed by atoms with Gasteiger partial charge in [-0.1, -0.05) is 32.0 Å². The molecule has 1 aromatic carbocycles. The number of pyridine rings is 1. The van der Waals surface area contributed by atoms with Gasteiger partial charge in [0.05, 0.1) is 17.8 Å². The number of nitrogens with zero attached hydrogens (tertiary/aromatic N) is 3. The van der Waals surface area contributed by atoms with Crippen molar-refractivity contribution < 1.29 is 0 Å². The average Bonchev–Trinajstić information content (AvgIpc) is 3.20. The van der Waals surface area contributed by atoms with E-state index < -0.39 is 0 Å². The van der Waals surface area contributed by atoms with Crippen molar-refractivity contribution in [1.29, 1.82) is 0 Å². The second-order valence-corrected chi connectivity index (χ2v) is 9.44. The van der Waals surface area contributed by atoms with Crippen LogP contribution in [0.3, 0.4) is 0 Å². The van der Waals surface area contributed by atoms with Gasteiger partial charge >= 0.3 is 0 Å². The Morgan fingerprint density at radius 3 is 2.52 bits per heavy atom. The third-order valence-corrected chi connectivity index (χ3v) is 6.72. The molecule has 1 aliphatic heterocycles. The summed E-state index contributed by atoms with van der Waals surface area (Å²) in [5.41, 5.74) is 8.71. The van der Waals surface area contributed by atoms with Crippen LogP contribution in [0, 0.1) is 33.6 Å². The van der Waals surface area contributed by atoms with Crippen molar-refractivity contribution in [1.82, 2.24) is 19.8 Å². The van der Waals surface area contributed by atoms with Gasteiger partial charge in [0.25, 0.3) is 0 Å². The number of thiocarbonyl (C=S) groups is 1. The molecule has 1 fully saturated rings. The third kappa shape index (κ3) is 3.87. The second kappa shape index (κ2) is 8.46. The molecule has 4 rings (SSSR count). The maximum absolute atomic E-state index is 5.81. The fourth-order valence-electron chi connectivity index (χ4n) is 4.77. The standard InChI is InChI=1S/C26H32N4S/c1-16(2)15-29-25(24(28-26(29)31)22-11-7-8-13-27-22)21-14-18(4)30(20(21)6)23-12-9-10-17(3)19(23)5/h7-14,16,24-25H,15H2,1-6H3,(H,28,31)/t24-,25+/m0/s1. The smallest absolute Gasteiger partial charge is 0.170 e. The van der Waals surface area contributed by atoms with Crippen molar-refractivity contribution in [3.63, 3.8) is 0 Å². The molecule has 31 heavy (non-hydrogen) atoms. The predicted octanol–water partition coefficient (Wildman–Crippen LogP) is 5.73. The van der Waals surface area contributed by atoms with E-state index in [1.54, 1.807) is 0 Å². The van der Waals surface area contributed by atoms with E-state index >= 15 is 0 Å². The van der Waals surface area contributed by atoms with E-state index in [9.17, 15) is 0 Å². The van der Waals surface area contributed by atoms with Crippen molar-refractivity contribution in [2.45, 2.75) is 53.6 Å². The Bertz CT molecular complexity index is 1100. The van der Waals surface area contributed by atoms with Crippen LogP contribution in [0.15, 0.2) is 48.7 Å². The minimum Gasteiger partial charge on any atom is -0.352 e. The fourth-order valence-corrected chi connectivity index (χ4v) is 5.08. The van der Waals surface area contributed by atoms with Gasteiger partial charge in [0.1, 0.15) is 0 Å². The van der Waals surface area contributed by atoms with E-state index in [1.165, 1.54) is 33.8 Å². The molecular formula is C26H32N4S. The number of rotatable bonds is 5. The first-order chi connectivity index (χ1) is 14.8. The Labute approximate surface area is 191 Å². The molecule has 1 aliphatic rings. The highest BCUT2D eigenvalue weighted by molar-refractivity contribution is 7.80. The zero-order chi connectivity index (χ0) is 22.3. The van der Waals surface area contributed by atoms with E-state index in [2.05, 4.69) is 97.7 Å². The highest BCUT2D eigenvalue weighted by Gasteiger charge is 2.41. The Kier molecular flexibility index (Phi) is 5.89. The first-order valence-corrected chi connectivity index (χ1v) is 11.4. The minimum absolute atomic E-state index is 0.0278. The van der Waals surface area contributed by atoms with Gasteiger partial charge < -0.3 is 14.8 Å². The van der Waals surface area contributed by atoms with Crippen LogP contribution in [-0.2, 0) is 0 Å². The molecule has 4 nitrogen and oxygen atoms in total. The van der Waals surface area contributed by atoms with Gasteiger partial charge in [-0.05, 0) is 86.8 Å². The summed E-state index contributed by atoms with van der Waals surface area (Å²) in [6.45, 7) is 14.2. The summed E-state index contributed by atoms with van der Waals surface area (Å²) in [7, 11) is 0. The fraction of sp³-hybridized carbons (Fsp3) is 0.385. The SMILES string of the molecule is Cc1cccc(-n2c(C)cc([C@@H]3[C@H](c4ccccn4)NC(=S)N3CC(C)C)c2C)c1C. The van der Waals surface area contributed by atoms with Crippen LogP contribution in [0.5, 0.6) is 0 Å². The van der Waals surface area contributed by atoms with E-state index in [4.69, 9.17) is 12.2 Å². The van der Waals surface area contributed by atoms with Crippen molar-refractivity contribution in [2.24, 2.45) is 5.92 Å².